The Morgan fingerprint density at radius 2 is 1.86 bits per heavy atom. The largest absolute Gasteiger partial charge is 0.392 e. The van der Waals surface area contributed by atoms with Crippen molar-refractivity contribution in [3.63, 3.8) is 0 Å². The van der Waals surface area contributed by atoms with Gasteiger partial charge in [-0.3, -0.25) is 0 Å². The molecular weight excluding hydrogens is 306 g/mol. The first-order chi connectivity index (χ1) is 9.81. The van der Waals surface area contributed by atoms with E-state index in [4.69, 9.17) is 18.0 Å². The zero-order chi connectivity index (χ0) is 15.6. The van der Waals surface area contributed by atoms with E-state index in [1.54, 1.807) is 0 Å². The minimum atomic E-state index is -3.37. The van der Waals surface area contributed by atoms with Gasteiger partial charge in [-0.2, -0.15) is 4.31 Å². The van der Waals surface area contributed by atoms with Crippen molar-refractivity contribution >= 4 is 32.9 Å². The zero-order valence-electron chi connectivity index (χ0n) is 12.4. The van der Waals surface area contributed by atoms with Gasteiger partial charge in [-0.1, -0.05) is 24.4 Å². The van der Waals surface area contributed by atoms with Gasteiger partial charge in [-0.05, 0) is 31.0 Å². The summed E-state index contributed by atoms with van der Waals surface area (Å²) in [6.45, 7) is 6.49. The van der Waals surface area contributed by atoms with E-state index in [2.05, 4.69) is 30.9 Å². The standard InChI is InChI=1S/C14H21N3O2S2/c1-11-4-3-5-13(12(11)2)16-6-8-17(9-7-16)21(18,19)10-14(15)20/h3-5H,6-10H2,1-2H3,(H2,15,20). The third-order valence-electron chi connectivity index (χ3n) is 3.87. The van der Waals surface area contributed by atoms with Crippen LogP contribution in [0.15, 0.2) is 18.2 Å². The molecule has 1 saturated heterocycles. The molecule has 0 aliphatic carbocycles. The highest BCUT2D eigenvalue weighted by Gasteiger charge is 2.27. The number of thiocarbonyl (C=S) groups is 1. The molecule has 1 aromatic rings. The van der Waals surface area contributed by atoms with Crippen molar-refractivity contribution in [2.24, 2.45) is 5.73 Å². The number of piperazine rings is 1. The molecule has 2 rings (SSSR count). The van der Waals surface area contributed by atoms with Gasteiger partial charge in [0.2, 0.25) is 10.0 Å². The smallest absolute Gasteiger partial charge is 0.220 e. The maximum Gasteiger partial charge on any atom is 0.220 e. The average Bonchev–Trinajstić information content (AvgIpc) is 2.41. The fourth-order valence-corrected chi connectivity index (χ4v) is 4.26. The summed E-state index contributed by atoms with van der Waals surface area (Å²) in [4.78, 5) is 2.25. The Balaban J connectivity index is 2.07. The maximum absolute atomic E-state index is 12.1. The van der Waals surface area contributed by atoms with E-state index in [9.17, 15) is 8.42 Å². The van der Waals surface area contributed by atoms with Crippen LogP contribution in [0.5, 0.6) is 0 Å². The topological polar surface area (TPSA) is 66.6 Å². The number of sulfonamides is 1. The number of nitrogens with two attached hydrogens (primary N) is 1. The lowest BCUT2D eigenvalue weighted by Crippen LogP contribution is -2.50. The Morgan fingerprint density at radius 1 is 1.24 bits per heavy atom. The molecule has 0 spiro atoms. The Bertz CT molecular complexity index is 636. The SMILES string of the molecule is Cc1cccc(N2CCN(S(=O)(=O)CC(N)=S)CC2)c1C. The normalized spacial score (nSPS) is 17.0. The van der Waals surface area contributed by atoms with Gasteiger partial charge in [0.15, 0.2) is 0 Å². The van der Waals surface area contributed by atoms with Crippen LogP contribution in [0.1, 0.15) is 11.1 Å². The van der Waals surface area contributed by atoms with Gasteiger partial charge in [0.05, 0.1) is 4.99 Å². The van der Waals surface area contributed by atoms with E-state index >= 15 is 0 Å². The Labute approximate surface area is 131 Å². The van der Waals surface area contributed by atoms with E-state index in [0.29, 0.717) is 26.2 Å². The van der Waals surface area contributed by atoms with Crippen LogP contribution in [0.2, 0.25) is 0 Å². The fourth-order valence-electron chi connectivity index (χ4n) is 2.56. The Kier molecular flexibility index (Phi) is 4.85. The van der Waals surface area contributed by atoms with Crippen LogP contribution < -0.4 is 10.6 Å². The quantitative estimate of drug-likeness (QED) is 0.837. The lowest BCUT2D eigenvalue weighted by molar-refractivity contribution is 0.387. The molecule has 21 heavy (non-hydrogen) atoms. The van der Waals surface area contributed by atoms with E-state index in [0.717, 1.165) is 0 Å². The van der Waals surface area contributed by atoms with Gasteiger partial charge in [0, 0.05) is 31.9 Å². The lowest BCUT2D eigenvalue weighted by Gasteiger charge is -2.36. The molecule has 5 nitrogen and oxygen atoms in total. The predicted octanol–water partition coefficient (Wildman–Crippen LogP) is 1.04. The minimum absolute atomic E-state index is 0.0203. The van der Waals surface area contributed by atoms with Gasteiger partial charge in [0.1, 0.15) is 5.75 Å². The average molecular weight is 327 g/mol. The van der Waals surface area contributed by atoms with Gasteiger partial charge in [-0.25, -0.2) is 8.42 Å². The summed E-state index contributed by atoms with van der Waals surface area (Å²) in [7, 11) is -3.37. The molecule has 1 aliphatic heterocycles. The molecule has 1 aromatic carbocycles. The van der Waals surface area contributed by atoms with Crippen LogP contribution in [0.4, 0.5) is 5.69 Å². The number of hydrogen-bond acceptors (Lipinski definition) is 4. The van der Waals surface area contributed by atoms with E-state index < -0.39 is 10.0 Å². The van der Waals surface area contributed by atoms with Gasteiger partial charge in [-0.15, -0.1) is 0 Å². The number of anilines is 1. The van der Waals surface area contributed by atoms with E-state index in [1.165, 1.54) is 21.1 Å². The van der Waals surface area contributed by atoms with Crippen LogP contribution in [0, 0.1) is 13.8 Å². The third-order valence-corrected chi connectivity index (χ3v) is 6.03. The highest BCUT2D eigenvalue weighted by molar-refractivity contribution is 7.92. The molecule has 1 aliphatic rings. The highest BCUT2D eigenvalue weighted by Crippen LogP contribution is 2.24. The second-order valence-corrected chi connectivity index (χ2v) is 7.82. The second kappa shape index (κ2) is 6.29. The molecule has 0 atom stereocenters. The maximum atomic E-state index is 12.1. The van der Waals surface area contributed by atoms with E-state index in [1.807, 2.05) is 6.07 Å². The summed E-state index contributed by atoms with van der Waals surface area (Å²) >= 11 is 4.71. The first-order valence-electron chi connectivity index (χ1n) is 6.88. The van der Waals surface area contributed by atoms with Crippen molar-refractivity contribution in [2.45, 2.75) is 13.8 Å². The van der Waals surface area contributed by atoms with Gasteiger partial charge >= 0.3 is 0 Å². The first-order valence-corrected chi connectivity index (χ1v) is 8.90. The Morgan fingerprint density at radius 3 is 2.43 bits per heavy atom. The number of nitrogens with zero attached hydrogens (tertiary/aromatic N) is 2. The molecule has 0 amide bonds. The number of rotatable bonds is 4. The van der Waals surface area contributed by atoms with E-state index in [-0.39, 0.29) is 10.7 Å². The third kappa shape index (κ3) is 3.72. The van der Waals surface area contributed by atoms with Crippen molar-refractivity contribution in [3.05, 3.63) is 29.3 Å². The summed E-state index contributed by atoms with van der Waals surface area (Å²) in [6.07, 6.45) is 0. The zero-order valence-corrected chi connectivity index (χ0v) is 14.0. The highest BCUT2D eigenvalue weighted by atomic mass is 32.2. The molecule has 0 radical (unpaired) electrons. The van der Waals surface area contributed by atoms with Crippen molar-refractivity contribution in [2.75, 3.05) is 36.8 Å². The summed E-state index contributed by atoms with van der Waals surface area (Å²) in [6, 6.07) is 6.21. The number of aryl methyl sites for hydroxylation is 1. The van der Waals surface area contributed by atoms with Crippen LogP contribution >= 0.6 is 12.2 Å². The fraction of sp³-hybridized carbons (Fsp3) is 0.500. The molecule has 1 fully saturated rings. The molecule has 0 saturated carbocycles. The first kappa shape index (κ1) is 16.2. The molecule has 7 heteroatoms. The van der Waals surface area contributed by atoms with Crippen LogP contribution in [-0.4, -0.2) is 49.6 Å². The molecule has 0 aromatic heterocycles. The summed E-state index contributed by atoms with van der Waals surface area (Å²) in [5, 5.41) is 0. The lowest BCUT2D eigenvalue weighted by atomic mass is 10.1. The molecule has 0 bridgehead atoms. The monoisotopic (exact) mass is 327 g/mol. The van der Waals surface area contributed by atoms with Crippen LogP contribution in [0.25, 0.3) is 0 Å². The van der Waals surface area contributed by atoms with Crippen molar-refractivity contribution in [1.29, 1.82) is 0 Å². The van der Waals surface area contributed by atoms with Crippen molar-refractivity contribution in [1.82, 2.24) is 4.31 Å². The molecule has 1 heterocycles. The van der Waals surface area contributed by atoms with Crippen LogP contribution in [0.3, 0.4) is 0 Å². The molecule has 0 unspecified atom stereocenters. The summed E-state index contributed by atoms with van der Waals surface area (Å²) in [5.74, 6) is -0.244. The Hall–Kier alpha value is -1.18. The summed E-state index contributed by atoms with van der Waals surface area (Å²) < 4.78 is 25.7. The van der Waals surface area contributed by atoms with Gasteiger partial charge in [0.25, 0.3) is 0 Å². The van der Waals surface area contributed by atoms with Gasteiger partial charge < -0.3 is 10.6 Å². The predicted molar refractivity (Wildman–Crippen MR) is 90.3 cm³/mol. The minimum Gasteiger partial charge on any atom is -0.392 e. The van der Waals surface area contributed by atoms with Crippen LogP contribution in [-0.2, 0) is 10.0 Å². The summed E-state index contributed by atoms with van der Waals surface area (Å²) in [5.41, 5.74) is 9.03. The number of benzene rings is 1. The molecular formula is C14H21N3O2S2. The van der Waals surface area contributed by atoms with Crippen molar-refractivity contribution in [3.8, 4) is 0 Å². The second-order valence-electron chi connectivity index (χ2n) is 5.33. The van der Waals surface area contributed by atoms with Crippen molar-refractivity contribution < 1.29 is 8.42 Å². The molecule has 2 N–H and O–H groups in total. The number of hydrogen-bond donors (Lipinski definition) is 1. The molecule has 116 valence electrons.